The van der Waals surface area contributed by atoms with Gasteiger partial charge in [-0.15, -0.1) is 6.58 Å². The van der Waals surface area contributed by atoms with Gasteiger partial charge in [0.1, 0.15) is 0 Å². The second kappa shape index (κ2) is 10.0. The van der Waals surface area contributed by atoms with Crippen molar-refractivity contribution in [1.29, 1.82) is 0 Å². The van der Waals surface area contributed by atoms with Crippen molar-refractivity contribution in [2.45, 2.75) is 26.3 Å². The molecule has 27 heavy (non-hydrogen) atoms. The van der Waals surface area contributed by atoms with Gasteiger partial charge in [0.2, 0.25) is 0 Å². The van der Waals surface area contributed by atoms with Gasteiger partial charge in [-0.1, -0.05) is 31.2 Å². The predicted octanol–water partition coefficient (Wildman–Crippen LogP) is 3.85. The van der Waals surface area contributed by atoms with Gasteiger partial charge in [0.05, 0.1) is 23.0 Å². The van der Waals surface area contributed by atoms with Gasteiger partial charge < -0.3 is 14.6 Å². The first-order valence-corrected chi connectivity index (χ1v) is 9.24. The molecule has 1 N–H and O–H groups in total. The molecule has 0 bridgehead atoms. The molecule has 144 valence electrons. The van der Waals surface area contributed by atoms with Crippen molar-refractivity contribution in [3.05, 3.63) is 53.9 Å². The Morgan fingerprint density at radius 2 is 2.22 bits per heavy atom. The van der Waals surface area contributed by atoms with Crippen molar-refractivity contribution in [3.8, 4) is 17.1 Å². The van der Waals surface area contributed by atoms with E-state index in [1.165, 1.54) is 0 Å². The van der Waals surface area contributed by atoms with Gasteiger partial charge in [-0.25, -0.2) is 4.98 Å². The average Bonchev–Trinajstić information content (AvgIpc) is 2.68. The molecule has 0 aromatic carbocycles. The Balaban J connectivity index is 2.57. The smallest absolute Gasteiger partial charge is 0.258 e. The lowest BCUT2D eigenvalue weighted by Crippen LogP contribution is -2.22. The molecule has 2 rings (SSSR count). The molecule has 2 aromatic heterocycles. The number of hydrogen-bond donors (Lipinski definition) is 1. The van der Waals surface area contributed by atoms with Crippen LogP contribution in [0.15, 0.2) is 42.7 Å². The molecule has 0 aliphatic heterocycles. The van der Waals surface area contributed by atoms with E-state index in [2.05, 4.69) is 47.3 Å². The molecule has 0 fully saturated rings. The molecule has 0 saturated carbocycles. The highest BCUT2D eigenvalue weighted by atomic mass is 35.5. The second-order valence-corrected chi connectivity index (χ2v) is 6.27. The van der Waals surface area contributed by atoms with Gasteiger partial charge in [-0.05, 0) is 26.0 Å². The standard InChI is InChI=1S/C20H26ClN5O/c1-6-9-10-27-20-19(22-5)26(8-3)13-18(25-20)15-11-17(14(4)23-7-2)24-12-16(15)21/h6,8,11-14,23H,1,3,7,9-10H2,2,4-5H3. The van der Waals surface area contributed by atoms with Crippen LogP contribution in [0.3, 0.4) is 0 Å². The maximum absolute atomic E-state index is 6.43. The maximum Gasteiger partial charge on any atom is 0.258 e. The lowest BCUT2D eigenvalue weighted by Gasteiger charge is -2.15. The number of hydrogen-bond acceptors (Lipinski definition) is 5. The normalized spacial score (nSPS) is 12.7. The predicted molar refractivity (Wildman–Crippen MR) is 111 cm³/mol. The fourth-order valence-corrected chi connectivity index (χ4v) is 2.81. The molecule has 0 aliphatic carbocycles. The molecule has 2 heterocycles. The molecule has 0 aliphatic rings. The first-order valence-electron chi connectivity index (χ1n) is 8.87. The van der Waals surface area contributed by atoms with E-state index in [0.717, 1.165) is 17.8 Å². The quantitative estimate of drug-likeness (QED) is 0.524. The Bertz CT molecular complexity index is 875. The van der Waals surface area contributed by atoms with Crippen LogP contribution in [0, 0.1) is 0 Å². The lowest BCUT2D eigenvalue weighted by molar-refractivity contribution is 0.305. The number of ether oxygens (including phenoxy) is 1. The van der Waals surface area contributed by atoms with E-state index >= 15 is 0 Å². The third-order valence-corrected chi connectivity index (χ3v) is 4.30. The minimum absolute atomic E-state index is 0.103. The zero-order chi connectivity index (χ0) is 19.8. The molecule has 1 atom stereocenters. The van der Waals surface area contributed by atoms with E-state index in [9.17, 15) is 0 Å². The Hall–Kier alpha value is -2.44. The summed E-state index contributed by atoms with van der Waals surface area (Å²) in [6, 6.07) is 2.05. The van der Waals surface area contributed by atoms with Crippen LogP contribution < -0.4 is 15.5 Å². The Morgan fingerprint density at radius 3 is 2.85 bits per heavy atom. The highest BCUT2D eigenvalue weighted by molar-refractivity contribution is 6.33. The zero-order valence-electron chi connectivity index (χ0n) is 16.1. The number of aromatic nitrogens is 3. The third-order valence-electron chi connectivity index (χ3n) is 3.99. The van der Waals surface area contributed by atoms with Crippen LogP contribution in [0.1, 0.15) is 32.0 Å². The van der Waals surface area contributed by atoms with Crippen LogP contribution in [0.5, 0.6) is 5.88 Å². The van der Waals surface area contributed by atoms with Crippen molar-refractivity contribution in [2.75, 3.05) is 20.2 Å². The van der Waals surface area contributed by atoms with Crippen molar-refractivity contribution in [2.24, 2.45) is 4.99 Å². The van der Waals surface area contributed by atoms with Gasteiger partial charge >= 0.3 is 0 Å². The molecule has 0 saturated heterocycles. The van der Waals surface area contributed by atoms with Gasteiger partial charge in [0.15, 0.2) is 5.49 Å². The Kier molecular flexibility index (Phi) is 7.76. The molecule has 6 nitrogen and oxygen atoms in total. The molecule has 0 spiro atoms. The first-order chi connectivity index (χ1) is 13.0. The molecule has 1 unspecified atom stereocenters. The number of nitrogens with one attached hydrogen (secondary N) is 1. The summed E-state index contributed by atoms with van der Waals surface area (Å²) in [6.45, 7) is 13.0. The van der Waals surface area contributed by atoms with Crippen LogP contribution in [0.2, 0.25) is 5.02 Å². The summed E-state index contributed by atoms with van der Waals surface area (Å²) in [5.74, 6) is 0.422. The van der Waals surface area contributed by atoms with Crippen molar-refractivity contribution < 1.29 is 4.74 Å². The summed E-state index contributed by atoms with van der Waals surface area (Å²) < 4.78 is 7.59. The van der Waals surface area contributed by atoms with Crippen molar-refractivity contribution in [3.63, 3.8) is 0 Å². The van der Waals surface area contributed by atoms with Gasteiger partial charge in [0, 0.05) is 37.2 Å². The van der Waals surface area contributed by atoms with E-state index in [-0.39, 0.29) is 6.04 Å². The summed E-state index contributed by atoms with van der Waals surface area (Å²) >= 11 is 6.43. The summed E-state index contributed by atoms with van der Waals surface area (Å²) in [7, 11) is 1.69. The summed E-state index contributed by atoms with van der Waals surface area (Å²) in [5.41, 5.74) is 2.91. The lowest BCUT2D eigenvalue weighted by atomic mass is 10.1. The molecule has 0 amide bonds. The third kappa shape index (κ3) is 5.05. The van der Waals surface area contributed by atoms with Crippen LogP contribution in [0.25, 0.3) is 17.5 Å². The maximum atomic E-state index is 6.43. The topological polar surface area (TPSA) is 64.3 Å². The summed E-state index contributed by atoms with van der Waals surface area (Å²) in [5, 5.41) is 3.87. The average molecular weight is 388 g/mol. The highest BCUT2D eigenvalue weighted by Crippen LogP contribution is 2.28. The minimum atomic E-state index is 0.103. The number of rotatable bonds is 9. The Morgan fingerprint density at radius 1 is 1.44 bits per heavy atom. The zero-order valence-corrected chi connectivity index (χ0v) is 16.8. The SMILES string of the molecule is C=CCCOc1nc(-c2cc(C(C)NCC)ncc2Cl)cn(C=C)c1=NC. The van der Waals surface area contributed by atoms with Crippen LogP contribution in [0.4, 0.5) is 0 Å². The monoisotopic (exact) mass is 387 g/mol. The van der Waals surface area contributed by atoms with E-state index in [1.807, 2.05) is 12.3 Å². The van der Waals surface area contributed by atoms with Crippen LogP contribution in [-0.4, -0.2) is 34.7 Å². The molecule has 0 radical (unpaired) electrons. The van der Waals surface area contributed by atoms with E-state index in [4.69, 9.17) is 16.3 Å². The van der Waals surface area contributed by atoms with E-state index in [0.29, 0.717) is 35.1 Å². The number of halogens is 1. The van der Waals surface area contributed by atoms with Crippen LogP contribution in [-0.2, 0) is 0 Å². The fraction of sp³-hybridized carbons (Fsp3) is 0.350. The molecular weight excluding hydrogens is 362 g/mol. The summed E-state index contributed by atoms with van der Waals surface area (Å²) in [6.07, 6.45) is 7.64. The Labute approximate surface area is 165 Å². The number of nitrogens with zero attached hydrogens (tertiary/aromatic N) is 4. The first kappa shape index (κ1) is 20.9. The van der Waals surface area contributed by atoms with E-state index < -0.39 is 0 Å². The molecule has 7 heteroatoms. The minimum Gasteiger partial charge on any atom is -0.475 e. The van der Waals surface area contributed by atoms with Crippen molar-refractivity contribution >= 4 is 17.8 Å². The van der Waals surface area contributed by atoms with Crippen molar-refractivity contribution in [1.82, 2.24) is 19.9 Å². The van der Waals surface area contributed by atoms with Crippen LogP contribution >= 0.6 is 11.6 Å². The van der Waals surface area contributed by atoms with Gasteiger partial charge in [0.25, 0.3) is 5.88 Å². The number of pyridine rings is 1. The highest BCUT2D eigenvalue weighted by Gasteiger charge is 2.14. The largest absolute Gasteiger partial charge is 0.475 e. The fourth-order valence-electron chi connectivity index (χ4n) is 2.61. The summed E-state index contributed by atoms with van der Waals surface area (Å²) in [4.78, 5) is 13.4. The molecule has 2 aromatic rings. The van der Waals surface area contributed by atoms with E-state index in [1.54, 1.807) is 30.1 Å². The van der Waals surface area contributed by atoms with Gasteiger partial charge in [-0.3, -0.25) is 9.98 Å². The molecular formula is C20H26ClN5O. The van der Waals surface area contributed by atoms with Gasteiger partial charge in [-0.2, -0.15) is 0 Å². The second-order valence-electron chi connectivity index (χ2n) is 5.86.